The number of aromatic nitrogens is 2. The zero-order valence-electron chi connectivity index (χ0n) is 15.6. The van der Waals surface area contributed by atoms with E-state index in [-0.39, 0.29) is 5.79 Å². The molecule has 0 amide bonds. The Morgan fingerprint density at radius 2 is 1.85 bits per heavy atom. The molecule has 144 valence electrons. The molecule has 0 saturated carbocycles. The molecule has 8 nitrogen and oxygen atoms in total. The van der Waals surface area contributed by atoms with Crippen LogP contribution in [-0.2, 0) is 9.47 Å². The zero-order valence-corrected chi connectivity index (χ0v) is 15.6. The van der Waals surface area contributed by atoms with Crippen LogP contribution in [0.1, 0.15) is 12.8 Å². The van der Waals surface area contributed by atoms with Gasteiger partial charge in [0.15, 0.2) is 5.79 Å². The van der Waals surface area contributed by atoms with E-state index in [9.17, 15) is 0 Å². The Balaban J connectivity index is 1.47. The minimum Gasteiger partial charge on any atom is -0.497 e. The smallest absolute Gasteiger partial charge is 0.229 e. The van der Waals surface area contributed by atoms with Gasteiger partial charge in [-0.25, -0.2) is 4.98 Å². The minimum absolute atomic E-state index is 0.388. The van der Waals surface area contributed by atoms with Crippen molar-refractivity contribution in [3.8, 4) is 11.5 Å². The highest BCUT2D eigenvalue weighted by atomic mass is 16.7. The summed E-state index contributed by atoms with van der Waals surface area (Å²) in [6.45, 7) is 3.04. The number of nitrogens with zero attached hydrogens (tertiary/aromatic N) is 3. The van der Waals surface area contributed by atoms with Crippen molar-refractivity contribution >= 4 is 17.5 Å². The van der Waals surface area contributed by atoms with E-state index in [1.807, 2.05) is 24.3 Å². The monoisotopic (exact) mass is 372 g/mol. The van der Waals surface area contributed by atoms with Crippen molar-refractivity contribution in [2.75, 3.05) is 50.7 Å². The van der Waals surface area contributed by atoms with E-state index in [4.69, 9.17) is 18.9 Å². The zero-order chi connectivity index (χ0) is 18.7. The van der Waals surface area contributed by atoms with Gasteiger partial charge in [-0.1, -0.05) is 0 Å². The van der Waals surface area contributed by atoms with Crippen LogP contribution in [0.2, 0.25) is 0 Å². The molecule has 27 heavy (non-hydrogen) atoms. The average Bonchev–Trinajstić information content (AvgIpc) is 3.17. The number of hydrogen-bond acceptors (Lipinski definition) is 8. The maximum atomic E-state index is 5.79. The van der Waals surface area contributed by atoms with Gasteiger partial charge in [0.05, 0.1) is 33.1 Å². The minimum atomic E-state index is -0.388. The third-order valence-electron chi connectivity index (χ3n) is 4.96. The highest BCUT2D eigenvalue weighted by molar-refractivity contribution is 5.65. The van der Waals surface area contributed by atoms with Crippen LogP contribution in [0.15, 0.2) is 30.5 Å². The van der Waals surface area contributed by atoms with E-state index in [2.05, 4.69) is 20.2 Å². The molecular formula is C19H24N4O4. The van der Waals surface area contributed by atoms with Gasteiger partial charge in [-0.05, 0) is 18.2 Å². The number of methoxy groups -OCH3 is 2. The summed E-state index contributed by atoms with van der Waals surface area (Å²) >= 11 is 0. The molecule has 2 saturated heterocycles. The van der Waals surface area contributed by atoms with E-state index in [0.717, 1.165) is 43.2 Å². The average molecular weight is 372 g/mol. The van der Waals surface area contributed by atoms with Crippen LogP contribution < -0.4 is 19.7 Å². The third-order valence-corrected chi connectivity index (χ3v) is 4.96. The molecule has 0 unspecified atom stereocenters. The molecule has 0 radical (unpaired) electrons. The normalized spacial score (nSPS) is 18.5. The summed E-state index contributed by atoms with van der Waals surface area (Å²) in [7, 11) is 3.24. The molecule has 2 aliphatic heterocycles. The third kappa shape index (κ3) is 3.77. The molecule has 0 bridgehead atoms. The van der Waals surface area contributed by atoms with Crippen molar-refractivity contribution in [1.82, 2.24) is 9.97 Å². The molecule has 4 rings (SSSR count). The lowest BCUT2D eigenvalue weighted by molar-refractivity contribution is -0.169. The van der Waals surface area contributed by atoms with Gasteiger partial charge in [0.1, 0.15) is 17.3 Å². The molecule has 1 aromatic carbocycles. The number of piperidine rings is 1. The van der Waals surface area contributed by atoms with E-state index >= 15 is 0 Å². The van der Waals surface area contributed by atoms with Gasteiger partial charge in [-0.2, -0.15) is 4.98 Å². The first-order valence-corrected chi connectivity index (χ1v) is 9.06. The van der Waals surface area contributed by atoms with Crippen molar-refractivity contribution in [2.45, 2.75) is 18.6 Å². The second-order valence-electron chi connectivity index (χ2n) is 6.52. The number of benzene rings is 1. The molecule has 1 spiro atoms. The van der Waals surface area contributed by atoms with Crippen LogP contribution in [-0.4, -0.2) is 56.3 Å². The molecule has 1 N–H and O–H groups in total. The second kappa shape index (κ2) is 7.58. The number of ether oxygens (including phenoxy) is 4. The van der Waals surface area contributed by atoms with Gasteiger partial charge in [-0.15, -0.1) is 0 Å². The van der Waals surface area contributed by atoms with E-state index in [1.54, 1.807) is 20.4 Å². The van der Waals surface area contributed by atoms with E-state index < -0.39 is 0 Å². The first-order valence-electron chi connectivity index (χ1n) is 9.06. The quantitative estimate of drug-likeness (QED) is 0.858. The lowest BCUT2D eigenvalue weighted by Crippen LogP contribution is -2.45. The van der Waals surface area contributed by atoms with Crippen LogP contribution in [0.3, 0.4) is 0 Å². The molecule has 2 aromatic rings. The van der Waals surface area contributed by atoms with E-state index in [1.165, 1.54) is 0 Å². The second-order valence-corrected chi connectivity index (χ2v) is 6.52. The summed E-state index contributed by atoms with van der Waals surface area (Å²) in [6, 6.07) is 7.48. The van der Waals surface area contributed by atoms with Crippen molar-refractivity contribution in [1.29, 1.82) is 0 Å². The summed E-state index contributed by atoms with van der Waals surface area (Å²) < 4.78 is 22.2. The predicted molar refractivity (Wildman–Crippen MR) is 101 cm³/mol. The Morgan fingerprint density at radius 1 is 1.07 bits per heavy atom. The molecule has 2 aliphatic rings. The topological polar surface area (TPSA) is 78.0 Å². The van der Waals surface area contributed by atoms with Gasteiger partial charge in [0.2, 0.25) is 5.95 Å². The molecule has 8 heteroatoms. The summed E-state index contributed by atoms with van der Waals surface area (Å²) in [5, 5.41) is 3.22. The molecule has 2 fully saturated rings. The molecule has 0 aliphatic carbocycles. The fourth-order valence-corrected chi connectivity index (χ4v) is 3.47. The highest BCUT2D eigenvalue weighted by Gasteiger charge is 2.40. The van der Waals surface area contributed by atoms with Crippen molar-refractivity contribution in [3.05, 3.63) is 30.5 Å². The maximum Gasteiger partial charge on any atom is 0.229 e. The number of anilines is 3. The Morgan fingerprint density at radius 3 is 2.56 bits per heavy atom. The summed E-state index contributed by atoms with van der Waals surface area (Å²) in [5.41, 5.74) is 0.779. The van der Waals surface area contributed by atoms with Gasteiger partial charge in [0, 0.05) is 38.2 Å². The lowest BCUT2D eigenvalue weighted by Gasteiger charge is -2.38. The predicted octanol–water partition coefficient (Wildman–Crippen LogP) is 2.58. The van der Waals surface area contributed by atoms with Crippen LogP contribution in [0.5, 0.6) is 11.5 Å². The van der Waals surface area contributed by atoms with Crippen LogP contribution in [0.25, 0.3) is 0 Å². The Kier molecular flexibility index (Phi) is 5.00. The van der Waals surface area contributed by atoms with Gasteiger partial charge in [-0.3, -0.25) is 0 Å². The largest absolute Gasteiger partial charge is 0.497 e. The Bertz CT molecular complexity index is 785. The van der Waals surface area contributed by atoms with Crippen LogP contribution >= 0.6 is 0 Å². The molecule has 3 heterocycles. The van der Waals surface area contributed by atoms with Crippen LogP contribution in [0.4, 0.5) is 17.5 Å². The molecular weight excluding hydrogens is 348 g/mol. The highest BCUT2D eigenvalue weighted by Crippen LogP contribution is 2.34. The van der Waals surface area contributed by atoms with Gasteiger partial charge < -0.3 is 29.2 Å². The van der Waals surface area contributed by atoms with E-state index in [0.29, 0.717) is 24.9 Å². The maximum absolute atomic E-state index is 5.79. The van der Waals surface area contributed by atoms with Gasteiger partial charge >= 0.3 is 0 Å². The number of nitrogens with one attached hydrogen (secondary N) is 1. The summed E-state index contributed by atoms with van der Waals surface area (Å²) in [5.74, 6) is 2.41. The number of rotatable bonds is 5. The van der Waals surface area contributed by atoms with Crippen molar-refractivity contribution < 1.29 is 18.9 Å². The number of hydrogen-bond donors (Lipinski definition) is 1. The Labute approximate surface area is 158 Å². The standard InChI is InChI=1S/C19H24N4O4/c1-24-14-3-4-15(16(13-14)25-2)21-18-20-8-5-17(22-18)23-9-6-19(7-10-23)26-11-12-27-19/h3-5,8,13H,6-7,9-12H2,1-2H3,(H,20,21,22). The summed E-state index contributed by atoms with van der Waals surface area (Å²) in [6.07, 6.45) is 3.44. The SMILES string of the molecule is COc1ccc(Nc2nccc(N3CCC4(CC3)OCCO4)n2)c(OC)c1. The molecule has 0 atom stereocenters. The lowest BCUT2D eigenvalue weighted by atomic mass is 10.0. The first-order chi connectivity index (χ1) is 13.2. The fourth-order valence-electron chi connectivity index (χ4n) is 3.47. The molecule has 1 aromatic heterocycles. The first kappa shape index (κ1) is 17.8. The Hall–Kier alpha value is -2.58. The van der Waals surface area contributed by atoms with Crippen molar-refractivity contribution in [3.63, 3.8) is 0 Å². The van der Waals surface area contributed by atoms with Gasteiger partial charge in [0.25, 0.3) is 0 Å². The summed E-state index contributed by atoms with van der Waals surface area (Å²) in [4.78, 5) is 11.2. The van der Waals surface area contributed by atoms with Crippen LogP contribution in [0, 0.1) is 0 Å². The fraction of sp³-hybridized carbons (Fsp3) is 0.474. The van der Waals surface area contributed by atoms with Crippen molar-refractivity contribution in [2.24, 2.45) is 0 Å².